The molecule has 0 spiro atoms. The minimum atomic E-state index is -4.77. The van der Waals surface area contributed by atoms with Crippen molar-refractivity contribution in [2.45, 2.75) is 6.36 Å². The molecule has 0 saturated heterocycles. The van der Waals surface area contributed by atoms with E-state index < -0.39 is 18.1 Å². The summed E-state index contributed by atoms with van der Waals surface area (Å²) in [6.45, 7) is 0. The number of esters is 1. The molecular weight excluding hydrogens is 227 g/mol. The Morgan fingerprint density at radius 2 is 1.69 bits per heavy atom. The zero-order chi connectivity index (χ0) is 12.2. The second kappa shape index (κ2) is 4.53. The van der Waals surface area contributed by atoms with E-state index in [0.29, 0.717) is 0 Å². The second-order valence-corrected chi connectivity index (χ2v) is 2.52. The van der Waals surface area contributed by atoms with Gasteiger partial charge >= 0.3 is 12.3 Å². The van der Waals surface area contributed by atoms with Crippen LogP contribution in [0.1, 0.15) is 0 Å². The molecule has 0 aliphatic heterocycles. The molecule has 1 rings (SSSR count). The van der Waals surface area contributed by atoms with E-state index in [1.54, 1.807) is 0 Å². The molecule has 0 fully saturated rings. The molecule has 0 radical (unpaired) electrons. The summed E-state index contributed by atoms with van der Waals surface area (Å²) >= 11 is 0. The number of carbonyl (C=O) groups excluding carboxylic acids is 1. The van der Waals surface area contributed by atoms with Gasteiger partial charge in [-0.25, -0.2) is 4.79 Å². The van der Waals surface area contributed by atoms with Gasteiger partial charge in [0.05, 0.1) is 0 Å². The van der Waals surface area contributed by atoms with Crippen LogP contribution in [0.15, 0.2) is 24.3 Å². The molecule has 0 N–H and O–H groups in total. The number of hydrogen-bond donors (Lipinski definition) is 0. The molecule has 84 valence electrons. The maximum atomic E-state index is 11.8. The van der Waals surface area contributed by atoms with Crippen molar-refractivity contribution in [1.82, 2.24) is 0 Å². The molecule has 0 heterocycles. The molecule has 16 heavy (non-hydrogen) atoms. The Kier molecular flexibility index (Phi) is 3.35. The van der Waals surface area contributed by atoms with Gasteiger partial charge in [-0.3, -0.25) is 0 Å². The molecule has 0 unspecified atom stereocenters. The Balaban J connectivity index is 2.69. The van der Waals surface area contributed by atoms with Gasteiger partial charge in [-0.05, 0) is 24.3 Å². The van der Waals surface area contributed by atoms with E-state index in [4.69, 9.17) is 5.26 Å². The third-order valence-corrected chi connectivity index (χ3v) is 1.36. The maximum absolute atomic E-state index is 11.8. The summed E-state index contributed by atoms with van der Waals surface area (Å²) < 4.78 is 43.3. The number of nitriles is 1. The molecule has 4 nitrogen and oxygen atoms in total. The fraction of sp³-hybridized carbons (Fsp3) is 0.111. The molecular formula is C9H4F3NO3. The van der Waals surface area contributed by atoms with E-state index in [-0.39, 0.29) is 5.75 Å². The average Bonchev–Trinajstić information content (AvgIpc) is 2.18. The highest BCUT2D eigenvalue weighted by Gasteiger charge is 2.30. The van der Waals surface area contributed by atoms with Gasteiger partial charge < -0.3 is 9.47 Å². The van der Waals surface area contributed by atoms with E-state index in [1.165, 1.54) is 6.07 Å². The Bertz CT molecular complexity index is 419. The first-order chi connectivity index (χ1) is 7.40. The number of rotatable bonds is 2. The zero-order valence-electron chi connectivity index (χ0n) is 7.62. The highest BCUT2D eigenvalue weighted by molar-refractivity contribution is 5.87. The Morgan fingerprint density at radius 3 is 2.12 bits per heavy atom. The van der Waals surface area contributed by atoms with Gasteiger partial charge in [0.15, 0.2) is 6.07 Å². The lowest BCUT2D eigenvalue weighted by Gasteiger charge is -2.08. The number of benzene rings is 1. The molecule has 0 aliphatic carbocycles. The van der Waals surface area contributed by atoms with Gasteiger partial charge in [-0.15, -0.1) is 13.2 Å². The lowest BCUT2D eigenvalue weighted by molar-refractivity contribution is -0.274. The van der Waals surface area contributed by atoms with Gasteiger partial charge in [-0.2, -0.15) is 5.26 Å². The predicted molar refractivity (Wildman–Crippen MR) is 44.4 cm³/mol. The van der Waals surface area contributed by atoms with Crippen LogP contribution in [0, 0.1) is 11.3 Å². The van der Waals surface area contributed by atoms with Crippen LogP contribution in [-0.2, 0) is 4.79 Å². The van der Waals surface area contributed by atoms with E-state index in [0.717, 1.165) is 24.3 Å². The van der Waals surface area contributed by atoms with Crippen LogP contribution in [0.3, 0.4) is 0 Å². The van der Waals surface area contributed by atoms with E-state index >= 15 is 0 Å². The number of ether oxygens (including phenoxy) is 2. The summed E-state index contributed by atoms with van der Waals surface area (Å²) in [4.78, 5) is 10.5. The molecule has 0 bridgehead atoms. The van der Waals surface area contributed by atoms with Crippen molar-refractivity contribution in [1.29, 1.82) is 5.26 Å². The molecule has 0 aromatic heterocycles. The number of alkyl halides is 3. The SMILES string of the molecule is N#CC(=O)Oc1ccc(OC(F)(F)F)cc1. The molecule has 0 amide bonds. The topological polar surface area (TPSA) is 59.3 Å². The summed E-state index contributed by atoms with van der Waals surface area (Å²) in [5.41, 5.74) is 0. The first-order valence-electron chi connectivity index (χ1n) is 3.88. The van der Waals surface area contributed by atoms with Crippen molar-refractivity contribution in [2.75, 3.05) is 0 Å². The van der Waals surface area contributed by atoms with Gasteiger partial charge in [0.2, 0.25) is 0 Å². The highest BCUT2D eigenvalue weighted by Crippen LogP contribution is 2.24. The van der Waals surface area contributed by atoms with Crippen LogP contribution >= 0.6 is 0 Å². The zero-order valence-corrected chi connectivity index (χ0v) is 7.62. The minimum Gasteiger partial charge on any atom is -0.415 e. The van der Waals surface area contributed by atoms with Crippen LogP contribution in [0.5, 0.6) is 11.5 Å². The van der Waals surface area contributed by atoms with Gasteiger partial charge in [0.25, 0.3) is 0 Å². The first-order valence-corrected chi connectivity index (χ1v) is 3.88. The van der Waals surface area contributed by atoms with E-state index in [2.05, 4.69) is 9.47 Å². The van der Waals surface area contributed by atoms with Crippen molar-refractivity contribution in [2.24, 2.45) is 0 Å². The molecule has 7 heteroatoms. The van der Waals surface area contributed by atoms with Crippen LogP contribution in [0.25, 0.3) is 0 Å². The molecule has 0 aliphatic rings. The lowest BCUT2D eigenvalue weighted by atomic mass is 10.3. The van der Waals surface area contributed by atoms with E-state index in [9.17, 15) is 18.0 Å². The molecule has 0 saturated carbocycles. The normalized spacial score (nSPS) is 10.4. The van der Waals surface area contributed by atoms with Crippen LogP contribution in [-0.4, -0.2) is 12.3 Å². The highest BCUT2D eigenvalue weighted by atomic mass is 19.4. The standard InChI is InChI=1S/C9H4F3NO3/c10-9(11,12)16-7-3-1-6(2-4-7)15-8(14)5-13/h1-4H. The molecule has 1 aromatic rings. The van der Waals surface area contributed by atoms with Gasteiger partial charge in [0, 0.05) is 0 Å². The molecule has 0 atom stereocenters. The van der Waals surface area contributed by atoms with Gasteiger partial charge in [-0.1, -0.05) is 0 Å². The lowest BCUT2D eigenvalue weighted by Crippen LogP contribution is -2.17. The van der Waals surface area contributed by atoms with Crippen LogP contribution in [0.4, 0.5) is 13.2 Å². The number of hydrogen-bond acceptors (Lipinski definition) is 4. The third-order valence-electron chi connectivity index (χ3n) is 1.36. The van der Waals surface area contributed by atoms with Crippen molar-refractivity contribution in [3.05, 3.63) is 24.3 Å². The fourth-order valence-corrected chi connectivity index (χ4v) is 0.839. The van der Waals surface area contributed by atoms with Crippen molar-refractivity contribution in [3.63, 3.8) is 0 Å². The second-order valence-electron chi connectivity index (χ2n) is 2.52. The largest absolute Gasteiger partial charge is 0.573 e. The van der Waals surface area contributed by atoms with Crippen molar-refractivity contribution in [3.8, 4) is 17.6 Å². The Labute approximate surface area is 87.8 Å². The number of carbonyl (C=O) groups is 1. The maximum Gasteiger partial charge on any atom is 0.573 e. The average molecular weight is 231 g/mol. The van der Waals surface area contributed by atoms with Crippen molar-refractivity contribution >= 4 is 5.97 Å². The Hall–Kier alpha value is -2.23. The summed E-state index contributed by atoms with van der Waals surface area (Å²) in [5.74, 6) is -1.63. The van der Waals surface area contributed by atoms with Crippen molar-refractivity contribution < 1.29 is 27.4 Å². The van der Waals surface area contributed by atoms with E-state index in [1.807, 2.05) is 0 Å². The molecule has 1 aromatic carbocycles. The summed E-state index contributed by atoms with van der Waals surface area (Å²) in [5, 5.41) is 8.11. The smallest absolute Gasteiger partial charge is 0.415 e. The fourth-order valence-electron chi connectivity index (χ4n) is 0.839. The quantitative estimate of drug-likeness (QED) is 0.443. The monoisotopic (exact) mass is 231 g/mol. The summed E-state index contributed by atoms with van der Waals surface area (Å²) in [6.07, 6.45) is -4.77. The van der Waals surface area contributed by atoms with Crippen LogP contribution in [0.2, 0.25) is 0 Å². The Morgan fingerprint density at radius 1 is 1.19 bits per heavy atom. The third kappa shape index (κ3) is 3.88. The number of nitrogens with zero attached hydrogens (tertiary/aromatic N) is 1. The number of halogens is 3. The summed E-state index contributed by atoms with van der Waals surface area (Å²) in [7, 11) is 0. The van der Waals surface area contributed by atoms with Crippen LogP contribution < -0.4 is 9.47 Å². The summed E-state index contributed by atoms with van der Waals surface area (Å²) in [6, 6.07) is 5.28. The minimum absolute atomic E-state index is 0.0407. The first kappa shape index (κ1) is 11.8. The van der Waals surface area contributed by atoms with Gasteiger partial charge in [0.1, 0.15) is 11.5 Å². The predicted octanol–water partition coefficient (Wildman–Crippen LogP) is 2.01.